The minimum absolute atomic E-state index is 0.151. The molecule has 1 aromatic carbocycles. The van der Waals surface area contributed by atoms with Gasteiger partial charge in [0, 0.05) is 57.9 Å². The number of carbonyl (C=O) groups excluding carboxylic acids is 4. The fourth-order valence-corrected chi connectivity index (χ4v) is 6.33. The minimum atomic E-state index is -1.02. The van der Waals surface area contributed by atoms with E-state index in [0.717, 1.165) is 13.1 Å². The zero-order chi connectivity index (χ0) is 33.5. The first-order chi connectivity index (χ1) is 21.9. The zero-order valence-electron chi connectivity index (χ0n) is 27.2. The van der Waals surface area contributed by atoms with Gasteiger partial charge in [0.15, 0.2) is 0 Å². The lowest BCUT2D eigenvalue weighted by Gasteiger charge is -2.33. The molecule has 3 aliphatic rings. The van der Waals surface area contributed by atoms with E-state index in [-0.39, 0.29) is 37.9 Å². The molecule has 2 N–H and O–H groups in total. The van der Waals surface area contributed by atoms with Crippen molar-refractivity contribution in [3.8, 4) is 0 Å². The van der Waals surface area contributed by atoms with E-state index in [1.165, 1.54) is 21.9 Å². The van der Waals surface area contributed by atoms with Gasteiger partial charge in [-0.15, -0.1) is 0 Å². The second-order valence-corrected chi connectivity index (χ2v) is 12.8. The Balaban J connectivity index is 1.61. The molecule has 0 aromatic heterocycles. The van der Waals surface area contributed by atoms with Gasteiger partial charge < -0.3 is 29.6 Å². The van der Waals surface area contributed by atoms with Gasteiger partial charge in [0.2, 0.25) is 11.6 Å². The standard InChI is InChI=1S/C34H47FN4O7/c1-22-5-7-28(41)21-29(42)32(43)31(23(2)6-8-30(22)46-34(45)38-11-9-36(4)10-12-38)24(3)17-25-18-26(35)20-27(19-25)39-14-13-37(15-16-40)33(39)44/h6,8,17-20,22-23,28,30-31,40-41H,5,7,9-16,21H2,1-4H3/b8-6+,24-17+/t22-,23-,28+,30-,31-/m0/s1. The van der Waals surface area contributed by atoms with Crippen LogP contribution in [0.15, 0.2) is 35.9 Å². The van der Waals surface area contributed by atoms with Crippen LogP contribution in [0, 0.1) is 23.6 Å². The summed E-state index contributed by atoms with van der Waals surface area (Å²) in [6, 6.07) is 3.87. The fourth-order valence-electron chi connectivity index (χ4n) is 6.33. The number of hydrogen-bond donors (Lipinski definition) is 2. The molecule has 0 bridgehead atoms. The first-order valence-corrected chi connectivity index (χ1v) is 16.1. The summed E-state index contributed by atoms with van der Waals surface area (Å²) >= 11 is 0. The molecule has 3 amide bonds. The molecule has 4 rings (SSSR count). The number of piperazine rings is 1. The molecule has 0 unspecified atom stereocenters. The number of halogens is 1. The van der Waals surface area contributed by atoms with Crippen molar-refractivity contribution < 1.29 is 38.5 Å². The maximum atomic E-state index is 14.8. The molecule has 0 radical (unpaired) electrons. The summed E-state index contributed by atoms with van der Waals surface area (Å²) in [7, 11) is 2.00. The van der Waals surface area contributed by atoms with Gasteiger partial charge in [-0.2, -0.15) is 0 Å². The molecule has 11 nitrogen and oxygen atoms in total. The molecule has 5 atom stereocenters. The Kier molecular flexibility index (Phi) is 12.1. The van der Waals surface area contributed by atoms with Crippen LogP contribution >= 0.6 is 0 Å². The SMILES string of the molecule is C/C(=C\c1cc(F)cc(N2CCN(CCO)C2=O)c1)[C@H]1C(=O)C(=O)C[C@H](O)CC[C@H](C)[C@@H](OC(=O)N2CCN(C)CC2)/C=C/[C@@H]1C. The number of ether oxygens (including phenoxy) is 1. The van der Waals surface area contributed by atoms with Crippen molar-refractivity contribution in [3.63, 3.8) is 0 Å². The van der Waals surface area contributed by atoms with Gasteiger partial charge in [0.25, 0.3) is 0 Å². The highest BCUT2D eigenvalue weighted by atomic mass is 19.1. The highest BCUT2D eigenvalue weighted by molar-refractivity contribution is 6.38. The summed E-state index contributed by atoms with van der Waals surface area (Å²) in [6.45, 7) is 8.80. The van der Waals surface area contributed by atoms with Crippen LogP contribution in [-0.4, -0.2) is 120 Å². The molecule has 12 heteroatoms. The second kappa shape index (κ2) is 15.8. The smallest absolute Gasteiger partial charge is 0.410 e. The van der Waals surface area contributed by atoms with Crippen molar-refractivity contribution in [1.29, 1.82) is 0 Å². The molecular weight excluding hydrogens is 595 g/mol. The minimum Gasteiger partial charge on any atom is -0.442 e. The third-order valence-electron chi connectivity index (χ3n) is 9.19. The lowest BCUT2D eigenvalue weighted by atomic mass is 9.80. The van der Waals surface area contributed by atoms with E-state index < -0.39 is 47.5 Å². The molecule has 2 heterocycles. The Morgan fingerprint density at radius 3 is 2.43 bits per heavy atom. The van der Waals surface area contributed by atoms with Crippen LogP contribution in [0.4, 0.5) is 19.7 Å². The summed E-state index contributed by atoms with van der Waals surface area (Å²) in [5.41, 5.74) is 1.27. The summed E-state index contributed by atoms with van der Waals surface area (Å²) in [4.78, 5) is 59.3. The predicted molar refractivity (Wildman–Crippen MR) is 172 cm³/mol. The molecule has 252 valence electrons. The number of allylic oxidation sites excluding steroid dienone is 2. The van der Waals surface area contributed by atoms with E-state index in [4.69, 9.17) is 4.74 Å². The van der Waals surface area contributed by atoms with Crippen LogP contribution in [0.2, 0.25) is 0 Å². The number of ketones is 2. The van der Waals surface area contributed by atoms with Crippen molar-refractivity contribution in [1.82, 2.24) is 14.7 Å². The number of anilines is 1. The fraction of sp³-hybridized carbons (Fsp3) is 0.588. The Morgan fingerprint density at radius 2 is 1.74 bits per heavy atom. The van der Waals surface area contributed by atoms with E-state index in [2.05, 4.69) is 4.90 Å². The number of amides is 3. The van der Waals surface area contributed by atoms with Crippen LogP contribution in [0.25, 0.3) is 6.08 Å². The molecule has 2 saturated heterocycles. The number of rotatable bonds is 6. The second-order valence-electron chi connectivity index (χ2n) is 12.8. The molecule has 0 spiro atoms. The number of likely N-dealkylation sites (N-methyl/N-ethyl adjacent to an activating group) is 1. The van der Waals surface area contributed by atoms with Crippen LogP contribution in [-0.2, 0) is 14.3 Å². The van der Waals surface area contributed by atoms with E-state index in [9.17, 15) is 33.8 Å². The lowest BCUT2D eigenvalue weighted by molar-refractivity contribution is -0.140. The Hall–Kier alpha value is -3.61. The topological polar surface area (TPSA) is 131 Å². The average molecular weight is 643 g/mol. The van der Waals surface area contributed by atoms with Crippen molar-refractivity contribution in [3.05, 3.63) is 47.3 Å². The van der Waals surface area contributed by atoms with E-state index in [0.29, 0.717) is 49.4 Å². The number of aliphatic hydroxyl groups excluding tert-OH is 2. The quantitative estimate of drug-likeness (QED) is 0.357. The van der Waals surface area contributed by atoms with Gasteiger partial charge in [-0.25, -0.2) is 14.0 Å². The van der Waals surface area contributed by atoms with Gasteiger partial charge in [-0.3, -0.25) is 14.5 Å². The predicted octanol–water partition coefficient (Wildman–Crippen LogP) is 3.34. The Bertz CT molecular complexity index is 1340. The van der Waals surface area contributed by atoms with E-state index in [1.54, 1.807) is 43.0 Å². The number of aliphatic hydroxyl groups is 2. The first-order valence-electron chi connectivity index (χ1n) is 16.1. The summed E-state index contributed by atoms with van der Waals surface area (Å²) in [5.74, 6) is -3.47. The third-order valence-corrected chi connectivity index (χ3v) is 9.19. The molecule has 1 aliphatic carbocycles. The number of β-amino-alcohol motifs (C(OH)–C–C–N with tert-alkyl or cyclic N) is 1. The maximum Gasteiger partial charge on any atom is 0.410 e. The van der Waals surface area contributed by atoms with Crippen LogP contribution in [0.3, 0.4) is 0 Å². The van der Waals surface area contributed by atoms with E-state index >= 15 is 0 Å². The molecule has 0 saturated carbocycles. The number of Topliss-reactive ketones (excluding diaryl/α,β-unsaturated/α-hetero) is 2. The number of urea groups is 1. The number of hydrogen-bond acceptors (Lipinski definition) is 8. The van der Waals surface area contributed by atoms with Crippen molar-refractivity contribution in [2.24, 2.45) is 17.8 Å². The molecule has 1 aromatic rings. The van der Waals surface area contributed by atoms with Crippen molar-refractivity contribution >= 4 is 35.5 Å². The Morgan fingerprint density at radius 1 is 1.02 bits per heavy atom. The van der Waals surface area contributed by atoms with Crippen molar-refractivity contribution in [2.45, 2.75) is 52.2 Å². The number of benzene rings is 1. The summed E-state index contributed by atoms with van der Waals surface area (Å²) in [6.07, 6.45) is 3.60. The van der Waals surface area contributed by atoms with Gasteiger partial charge in [0.1, 0.15) is 11.9 Å². The maximum absolute atomic E-state index is 14.8. The number of nitrogens with zero attached hydrogens (tertiary/aromatic N) is 4. The lowest BCUT2D eigenvalue weighted by Crippen LogP contribution is -2.48. The summed E-state index contributed by atoms with van der Waals surface area (Å²) in [5, 5.41) is 19.9. The monoisotopic (exact) mass is 642 g/mol. The first kappa shape index (κ1) is 35.2. The Labute approximate surface area is 270 Å². The normalized spacial score (nSPS) is 28.2. The molecule has 2 fully saturated rings. The third kappa shape index (κ3) is 8.80. The average Bonchev–Trinajstić information content (AvgIpc) is 3.37. The van der Waals surface area contributed by atoms with E-state index in [1.807, 2.05) is 14.0 Å². The van der Waals surface area contributed by atoms with Crippen LogP contribution < -0.4 is 4.90 Å². The van der Waals surface area contributed by atoms with Gasteiger partial charge >= 0.3 is 12.1 Å². The summed E-state index contributed by atoms with van der Waals surface area (Å²) < 4.78 is 20.8. The molecule has 46 heavy (non-hydrogen) atoms. The van der Waals surface area contributed by atoms with Gasteiger partial charge in [-0.1, -0.05) is 31.6 Å². The van der Waals surface area contributed by atoms with Gasteiger partial charge in [0.05, 0.1) is 18.6 Å². The molecule has 2 aliphatic heterocycles. The number of carbonyl (C=O) groups is 4. The van der Waals surface area contributed by atoms with Crippen molar-refractivity contribution in [2.75, 3.05) is 64.4 Å². The zero-order valence-corrected chi connectivity index (χ0v) is 27.2. The van der Waals surface area contributed by atoms with Crippen LogP contribution in [0.5, 0.6) is 0 Å². The van der Waals surface area contributed by atoms with Gasteiger partial charge in [-0.05, 0) is 68.5 Å². The molecular formula is C34H47FN4O7. The largest absolute Gasteiger partial charge is 0.442 e. The highest BCUT2D eigenvalue weighted by Crippen LogP contribution is 2.30. The highest BCUT2D eigenvalue weighted by Gasteiger charge is 2.34. The van der Waals surface area contributed by atoms with Crippen LogP contribution in [0.1, 0.15) is 45.6 Å².